The number of phenolic OH excluding ortho intramolecular Hbond substituents is 1. The van der Waals surface area contributed by atoms with Gasteiger partial charge in [-0.3, -0.25) is 9.59 Å². The fourth-order valence-electron chi connectivity index (χ4n) is 4.34. The Labute approximate surface area is 224 Å². The zero-order valence-corrected chi connectivity index (χ0v) is 21.2. The second kappa shape index (κ2) is 12.6. The molecule has 1 heterocycles. The monoisotopic (exact) mass is 537 g/mol. The maximum absolute atomic E-state index is 15.0. The molecule has 1 aliphatic rings. The number of methoxy groups -OCH3 is 1. The van der Waals surface area contributed by atoms with E-state index in [-0.39, 0.29) is 58.7 Å². The van der Waals surface area contributed by atoms with Gasteiger partial charge in [-0.05, 0) is 42.5 Å². The summed E-state index contributed by atoms with van der Waals surface area (Å²) in [5, 5.41) is 22.0. The largest absolute Gasteiger partial charge is 0.508 e. The molecule has 3 aromatic carbocycles. The van der Waals surface area contributed by atoms with Crippen molar-refractivity contribution in [2.75, 3.05) is 27.0 Å². The molecule has 0 amide bonds. The number of phenols is 1. The number of aromatic hydroxyl groups is 1. The summed E-state index contributed by atoms with van der Waals surface area (Å²) in [6, 6.07) is 14.2. The van der Waals surface area contributed by atoms with Gasteiger partial charge in [0.05, 0.1) is 12.2 Å². The summed E-state index contributed by atoms with van der Waals surface area (Å²) in [5.41, 5.74) is 0.325. The van der Waals surface area contributed by atoms with E-state index in [1.54, 1.807) is 12.1 Å². The number of halogens is 1. The average molecular weight is 538 g/mol. The molecule has 1 saturated heterocycles. The summed E-state index contributed by atoms with van der Waals surface area (Å²) in [6.45, 7) is 0.0846. The Morgan fingerprint density at radius 1 is 0.949 bits per heavy atom. The van der Waals surface area contributed by atoms with Gasteiger partial charge in [0.1, 0.15) is 29.0 Å². The highest BCUT2D eigenvalue weighted by atomic mass is 19.1. The second-order valence-corrected chi connectivity index (χ2v) is 9.06. The molecule has 1 aliphatic heterocycles. The molecule has 10 heteroatoms. The van der Waals surface area contributed by atoms with Crippen molar-refractivity contribution in [1.29, 1.82) is 0 Å². The lowest BCUT2D eigenvalue weighted by Crippen LogP contribution is -2.27. The van der Waals surface area contributed by atoms with Crippen LogP contribution in [0.3, 0.4) is 0 Å². The third-order valence-corrected chi connectivity index (χ3v) is 6.47. The summed E-state index contributed by atoms with van der Waals surface area (Å²) in [7, 11) is 1.38. The van der Waals surface area contributed by atoms with Crippen molar-refractivity contribution in [1.82, 2.24) is 5.32 Å². The molecule has 3 aromatic rings. The normalized spacial score (nSPS) is 16.6. The molecule has 0 radical (unpaired) electrons. The number of ketones is 2. The van der Waals surface area contributed by atoms with E-state index in [0.717, 1.165) is 0 Å². The van der Waals surface area contributed by atoms with Gasteiger partial charge in [-0.25, -0.2) is 9.18 Å². The highest BCUT2D eigenvalue weighted by Crippen LogP contribution is 2.28. The molecule has 1 fully saturated rings. The van der Waals surface area contributed by atoms with E-state index in [2.05, 4.69) is 5.32 Å². The summed E-state index contributed by atoms with van der Waals surface area (Å²) in [6.07, 6.45) is -0.370. The number of esters is 1. The van der Waals surface area contributed by atoms with Crippen molar-refractivity contribution in [2.45, 2.75) is 19.1 Å². The van der Waals surface area contributed by atoms with Gasteiger partial charge in [-0.15, -0.1) is 0 Å². The minimum Gasteiger partial charge on any atom is -0.508 e. The minimum absolute atomic E-state index is 0.0401. The van der Waals surface area contributed by atoms with Crippen LogP contribution in [0, 0.1) is 11.7 Å². The highest BCUT2D eigenvalue weighted by molar-refractivity contribution is 6.11. The molecule has 39 heavy (non-hydrogen) atoms. The SMILES string of the molecule is COCOc1ccc(CO)c(F)c1C(=O)c1ccc(C(=O)OC2CNCC2CC(=O)c2ccc(O)cc2)cc1. The molecule has 204 valence electrons. The van der Waals surface area contributed by atoms with Gasteiger partial charge in [0.25, 0.3) is 0 Å². The molecule has 4 rings (SSSR count). The number of aliphatic hydroxyl groups excluding tert-OH is 1. The predicted molar refractivity (Wildman–Crippen MR) is 137 cm³/mol. The van der Waals surface area contributed by atoms with Crippen LogP contribution in [0.1, 0.15) is 48.6 Å². The van der Waals surface area contributed by atoms with Crippen molar-refractivity contribution in [3.05, 3.63) is 94.3 Å². The van der Waals surface area contributed by atoms with Crippen LogP contribution in [0.5, 0.6) is 11.5 Å². The van der Waals surface area contributed by atoms with E-state index in [4.69, 9.17) is 14.2 Å². The molecule has 0 spiro atoms. The predicted octanol–water partition coefficient (Wildman–Crippen LogP) is 3.26. The van der Waals surface area contributed by atoms with Crippen molar-refractivity contribution < 1.29 is 43.2 Å². The zero-order valence-electron chi connectivity index (χ0n) is 21.2. The van der Waals surface area contributed by atoms with Gasteiger partial charge < -0.3 is 29.7 Å². The molecule has 3 N–H and O–H groups in total. The lowest BCUT2D eigenvalue weighted by atomic mass is 9.95. The van der Waals surface area contributed by atoms with Crippen molar-refractivity contribution in [3.8, 4) is 11.5 Å². The van der Waals surface area contributed by atoms with Crippen LogP contribution < -0.4 is 10.1 Å². The fourth-order valence-corrected chi connectivity index (χ4v) is 4.34. The number of rotatable bonds is 11. The molecule has 2 atom stereocenters. The van der Waals surface area contributed by atoms with Crippen LogP contribution in [0.4, 0.5) is 4.39 Å². The molecule has 0 aromatic heterocycles. The first-order valence-corrected chi connectivity index (χ1v) is 12.2. The number of ether oxygens (including phenoxy) is 3. The minimum atomic E-state index is -0.902. The molecule has 9 nitrogen and oxygen atoms in total. The number of hydrogen-bond acceptors (Lipinski definition) is 9. The number of benzene rings is 3. The van der Waals surface area contributed by atoms with Crippen LogP contribution in [0.2, 0.25) is 0 Å². The Hall–Kier alpha value is -4.12. The summed E-state index contributed by atoms with van der Waals surface area (Å²) >= 11 is 0. The lowest BCUT2D eigenvalue weighted by molar-refractivity contribution is 0.0236. The van der Waals surface area contributed by atoms with Crippen molar-refractivity contribution in [3.63, 3.8) is 0 Å². The average Bonchev–Trinajstić information content (AvgIpc) is 3.38. The third kappa shape index (κ3) is 6.48. The highest BCUT2D eigenvalue weighted by Gasteiger charge is 2.32. The second-order valence-electron chi connectivity index (χ2n) is 9.06. The Morgan fingerprint density at radius 2 is 1.62 bits per heavy atom. The molecule has 0 aliphatic carbocycles. The van der Waals surface area contributed by atoms with Crippen molar-refractivity contribution >= 4 is 17.5 Å². The van der Waals surface area contributed by atoms with E-state index in [0.29, 0.717) is 18.7 Å². The molecule has 2 unspecified atom stereocenters. The van der Waals surface area contributed by atoms with Gasteiger partial charge in [0.15, 0.2) is 18.4 Å². The smallest absolute Gasteiger partial charge is 0.338 e. The lowest BCUT2D eigenvalue weighted by Gasteiger charge is -2.19. The summed E-state index contributed by atoms with van der Waals surface area (Å²) in [5.74, 6) is -2.55. The Bertz CT molecular complexity index is 1340. The first-order chi connectivity index (χ1) is 18.8. The van der Waals surface area contributed by atoms with Crippen molar-refractivity contribution in [2.24, 2.45) is 5.92 Å². The molecular formula is C29H28FNO8. The first-order valence-electron chi connectivity index (χ1n) is 12.2. The first kappa shape index (κ1) is 27.9. The van der Waals surface area contributed by atoms with Gasteiger partial charge in [0, 0.05) is 49.2 Å². The van der Waals surface area contributed by atoms with Crippen LogP contribution in [0.25, 0.3) is 0 Å². The molecular weight excluding hydrogens is 509 g/mol. The number of hydrogen-bond donors (Lipinski definition) is 3. The molecule has 0 bridgehead atoms. The van der Waals surface area contributed by atoms with Gasteiger partial charge >= 0.3 is 5.97 Å². The van der Waals surface area contributed by atoms with E-state index in [1.807, 2.05) is 0 Å². The van der Waals surface area contributed by atoms with Gasteiger partial charge in [-0.2, -0.15) is 0 Å². The van der Waals surface area contributed by atoms with E-state index in [9.17, 15) is 29.0 Å². The van der Waals surface area contributed by atoms with E-state index in [1.165, 1.54) is 55.6 Å². The van der Waals surface area contributed by atoms with Crippen LogP contribution in [-0.2, 0) is 16.1 Å². The third-order valence-electron chi connectivity index (χ3n) is 6.47. The number of Topliss-reactive ketones (excluding diaryl/α,β-unsaturated/α-hetero) is 1. The Kier molecular flexibility index (Phi) is 9.03. The number of nitrogens with one attached hydrogen (secondary N) is 1. The standard InChI is InChI=1S/C29H28FNO8/c1-37-16-38-24-11-8-20(15-32)27(30)26(24)28(35)18-2-4-19(5-3-18)29(36)39-25-14-31-13-21(25)12-23(34)17-6-9-22(33)10-7-17/h2-11,21,25,31-33H,12-16H2,1H3. The molecule has 0 saturated carbocycles. The Balaban J connectivity index is 1.44. The topological polar surface area (TPSA) is 131 Å². The van der Waals surface area contributed by atoms with Gasteiger partial charge in [-0.1, -0.05) is 18.2 Å². The quantitative estimate of drug-likeness (QED) is 0.192. The van der Waals surface area contributed by atoms with Crippen LogP contribution >= 0.6 is 0 Å². The maximum Gasteiger partial charge on any atom is 0.338 e. The zero-order chi connectivity index (χ0) is 27.9. The Morgan fingerprint density at radius 3 is 2.28 bits per heavy atom. The van der Waals surface area contributed by atoms with Crippen LogP contribution in [-0.4, -0.2) is 60.8 Å². The number of carbonyl (C=O) groups excluding carboxylic acids is 3. The van der Waals surface area contributed by atoms with Crippen LogP contribution in [0.15, 0.2) is 60.7 Å². The van der Waals surface area contributed by atoms with E-state index >= 15 is 0 Å². The number of aliphatic hydroxyl groups is 1. The number of carbonyl (C=O) groups is 3. The maximum atomic E-state index is 15.0. The fraction of sp³-hybridized carbons (Fsp3) is 0.276. The van der Waals surface area contributed by atoms with Gasteiger partial charge in [0.2, 0.25) is 0 Å². The summed E-state index contributed by atoms with van der Waals surface area (Å²) < 4.78 is 30.8. The summed E-state index contributed by atoms with van der Waals surface area (Å²) in [4.78, 5) is 38.6. The van der Waals surface area contributed by atoms with E-state index < -0.39 is 30.3 Å².